The molecular weight excluding hydrogens is 865 g/mol. The lowest BCUT2D eigenvalue weighted by Crippen LogP contribution is -2.30. The minimum absolute atomic E-state index is 0.0704. The molecule has 0 radical (unpaired) electrons. The maximum Gasteiger partial charge on any atom is 0.306 e. The third kappa shape index (κ3) is 56.8. The van der Waals surface area contributed by atoms with E-state index in [1.165, 1.54) is 244 Å². The van der Waals surface area contributed by atoms with Gasteiger partial charge in [-0.25, -0.2) is 0 Å². The normalized spacial score (nSPS) is 12.1. The third-order valence-electron chi connectivity index (χ3n) is 14.2. The molecule has 1 unspecified atom stereocenters. The largest absolute Gasteiger partial charge is 0.462 e. The highest BCUT2D eigenvalue weighted by Crippen LogP contribution is 2.17. The van der Waals surface area contributed by atoms with Crippen LogP contribution in [0.1, 0.15) is 348 Å². The van der Waals surface area contributed by atoms with E-state index in [2.05, 4.69) is 45.1 Å². The summed E-state index contributed by atoms with van der Waals surface area (Å²) in [7, 11) is 0. The van der Waals surface area contributed by atoms with Crippen molar-refractivity contribution in [3.63, 3.8) is 0 Å². The maximum absolute atomic E-state index is 12.9. The monoisotopic (exact) mass is 985 g/mol. The predicted octanol–water partition coefficient (Wildman–Crippen LogP) is 21.1. The molecule has 0 fully saturated rings. The maximum atomic E-state index is 12.9. The molecule has 6 heteroatoms. The second kappa shape index (κ2) is 59.5. The Morgan fingerprint density at radius 3 is 0.757 bits per heavy atom. The number of ether oxygens (including phenoxy) is 3. The fourth-order valence-electron chi connectivity index (χ4n) is 9.42. The summed E-state index contributed by atoms with van der Waals surface area (Å²) in [6, 6.07) is 0. The first-order valence-corrected chi connectivity index (χ1v) is 31.3. The van der Waals surface area contributed by atoms with Crippen molar-refractivity contribution in [2.45, 2.75) is 354 Å². The summed E-state index contributed by atoms with van der Waals surface area (Å²) in [5, 5.41) is 0. The Morgan fingerprint density at radius 2 is 0.486 bits per heavy atom. The standard InChI is InChI=1S/C64H120O6/c1-4-7-10-13-16-19-22-24-26-28-30-32-34-35-37-39-42-45-48-51-54-57-63(66)69-60-61(59-68-62(65)56-53-50-47-44-41-21-18-15-12-9-6-3)70-64(67)58-55-52-49-46-43-40-38-36-33-31-29-27-25-23-20-17-14-11-8-5-2/h15,18,28,30,61H,4-14,16-17,19-27,29,31-60H2,1-3H3/b18-15-,30-28-. The number of allylic oxidation sites excluding steroid dienone is 4. The topological polar surface area (TPSA) is 78.9 Å². The summed E-state index contributed by atoms with van der Waals surface area (Å²) in [4.78, 5) is 38.2. The van der Waals surface area contributed by atoms with Crippen molar-refractivity contribution in [2.24, 2.45) is 0 Å². The first-order chi connectivity index (χ1) is 34.5. The van der Waals surface area contributed by atoms with E-state index in [4.69, 9.17) is 14.2 Å². The number of esters is 3. The molecule has 0 aromatic heterocycles. The summed E-state index contributed by atoms with van der Waals surface area (Å²) >= 11 is 0. The van der Waals surface area contributed by atoms with Crippen LogP contribution in [0, 0.1) is 0 Å². The average Bonchev–Trinajstić information content (AvgIpc) is 3.36. The molecule has 1 atom stereocenters. The van der Waals surface area contributed by atoms with Crippen molar-refractivity contribution in [2.75, 3.05) is 13.2 Å². The zero-order chi connectivity index (χ0) is 50.7. The summed E-state index contributed by atoms with van der Waals surface area (Å²) < 4.78 is 16.9. The van der Waals surface area contributed by atoms with Gasteiger partial charge >= 0.3 is 17.9 Å². The van der Waals surface area contributed by atoms with Crippen LogP contribution in [0.15, 0.2) is 24.3 Å². The van der Waals surface area contributed by atoms with Gasteiger partial charge in [0.1, 0.15) is 13.2 Å². The first kappa shape index (κ1) is 67.9. The fourth-order valence-corrected chi connectivity index (χ4v) is 9.42. The van der Waals surface area contributed by atoms with Gasteiger partial charge in [0.2, 0.25) is 0 Å². The van der Waals surface area contributed by atoms with E-state index in [0.717, 1.165) is 64.2 Å². The van der Waals surface area contributed by atoms with E-state index in [1.54, 1.807) is 0 Å². The van der Waals surface area contributed by atoms with E-state index >= 15 is 0 Å². The number of carbonyl (C=O) groups excluding carboxylic acids is 3. The zero-order valence-corrected chi connectivity index (χ0v) is 47.3. The Morgan fingerprint density at radius 1 is 0.271 bits per heavy atom. The van der Waals surface area contributed by atoms with Crippen molar-refractivity contribution >= 4 is 17.9 Å². The number of hydrogen-bond acceptors (Lipinski definition) is 6. The number of unbranched alkanes of at least 4 members (excludes halogenated alkanes) is 43. The lowest BCUT2D eigenvalue weighted by Gasteiger charge is -2.18. The van der Waals surface area contributed by atoms with Gasteiger partial charge < -0.3 is 14.2 Å². The molecule has 412 valence electrons. The highest BCUT2D eigenvalue weighted by molar-refractivity contribution is 5.71. The Balaban J connectivity index is 4.24. The van der Waals surface area contributed by atoms with Gasteiger partial charge in [-0.1, -0.05) is 289 Å². The molecule has 0 spiro atoms. The average molecular weight is 986 g/mol. The van der Waals surface area contributed by atoms with Crippen LogP contribution in [0.3, 0.4) is 0 Å². The molecule has 0 aromatic carbocycles. The van der Waals surface area contributed by atoms with Crippen molar-refractivity contribution in [1.29, 1.82) is 0 Å². The van der Waals surface area contributed by atoms with Crippen LogP contribution in [0.4, 0.5) is 0 Å². The summed E-state index contributed by atoms with van der Waals surface area (Å²) in [5.74, 6) is -0.859. The third-order valence-corrected chi connectivity index (χ3v) is 14.2. The van der Waals surface area contributed by atoms with Crippen LogP contribution >= 0.6 is 0 Å². The minimum atomic E-state index is -0.772. The van der Waals surface area contributed by atoms with E-state index in [9.17, 15) is 14.4 Å². The van der Waals surface area contributed by atoms with E-state index in [-0.39, 0.29) is 31.1 Å². The first-order valence-electron chi connectivity index (χ1n) is 31.3. The Bertz CT molecular complexity index is 1130. The van der Waals surface area contributed by atoms with Gasteiger partial charge in [-0.05, 0) is 64.2 Å². The Labute approximate surface area is 436 Å². The van der Waals surface area contributed by atoms with Gasteiger partial charge in [0.15, 0.2) is 6.10 Å². The Kier molecular flexibility index (Phi) is 57.7. The van der Waals surface area contributed by atoms with Gasteiger partial charge in [0, 0.05) is 19.3 Å². The molecule has 0 aliphatic carbocycles. The fraction of sp³-hybridized carbons (Fsp3) is 0.891. The smallest absolute Gasteiger partial charge is 0.306 e. The molecule has 0 rings (SSSR count). The Hall–Kier alpha value is -2.11. The highest BCUT2D eigenvalue weighted by Gasteiger charge is 2.19. The molecule has 0 heterocycles. The van der Waals surface area contributed by atoms with E-state index < -0.39 is 6.10 Å². The highest BCUT2D eigenvalue weighted by atomic mass is 16.6. The zero-order valence-electron chi connectivity index (χ0n) is 47.3. The van der Waals surface area contributed by atoms with E-state index in [1.807, 2.05) is 0 Å². The SMILES string of the molecule is CCCC/C=C\CCCCCCCC(=O)OCC(COC(=O)CCCCCCCCCCC/C=C\CCCCCCCCCC)OC(=O)CCCCCCCCCCCCCCCCCCCCCC. The van der Waals surface area contributed by atoms with Gasteiger partial charge in [0.25, 0.3) is 0 Å². The lowest BCUT2D eigenvalue weighted by molar-refractivity contribution is -0.167. The second-order valence-corrected chi connectivity index (χ2v) is 21.3. The van der Waals surface area contributed by atoms with Crippen LogP contribution < -0.4 is 0 Å². The number of rotatable bonds is 58. The number of hydrogen-bond donors (Lipinski definition) is 0. The second-order valence-electron chi connectivity index (χ2n) is 21.3. The molecule has 0 aromatic rings. The lowest BCUT2D eigenvalue weighted by atomic mass is 10.0. The van der Waals surface area contributed by atoms with E-state index in [0.29, 0.717) is 19.3 Å². The quantitative estimate of drug-likeness (QED) is 0.0261. The van der Waals surface area contributed by atoms with Gasteiger partial charge in [0.05, 0.1) is 0 Å². The molecule has 0 bridgehead atoms. The van der Waals surface area contributed by atoms with Crippen LogP contribution in [-0.4, -0.2) is 37.2 Å². The van der Waals surface area contributed by atoms with Crippen molar-refractivity contribution in [1.82, 2.24) is 0 Å². The number of carbonyl (C=O) groups is 3. The van der Waals surface area contributed by atoms with Gasteiger partial charge in [-0.2, -0.15) is 0 Å². The summed E-state index contributed by atoms with van der Waals surface area (Å²) in [6.45, 7) is 6.65. The molecular formula is C64H120O6. The van der Waals surface area contributed by atoms with Crippen LogP contribution in [-0.2, 0) is 28.6 Å². The molecule has 6 nitrogen and oxygen atoms in total. The van der Waals surface area contributed by atoms with Crippen LogP contribution in [0.2, 0.25) is 0 Å². The van der Waals surface area contributed by atoms with Crippen LogP contribution in [0.5, 0.6) is 0 Å². The predicted molar refractivity (Wildman–Crippen MR) is 303 cm³/mol. The molecule has 70 heavy (non-hydrogen) atoms. The molecule has 0 amide bonds. The molecule has 0 saturated heterocycles. The van der Waals surface area contributed by atoms with Crippen molar-refractivity contribution < 1.29 is 28.6 Å². The van der Waals surface area contributed by atoms with Gasteiger partial charge in [-0.3, -0.25) is 14.4 Å². The molecule has 0 saturated carbocycles. The van der Waals surface area contributed by atoms with Gasteiger partial charge in [-0.15, -0.1) is 0 Å². The van der Waals surface area contributed by atoms with Crippen molar-refractivity contribution in [3.05, 3.63) is 24.3 Å². The summed E-state index contributed by atoms with van der Waals surface area (Å²) in [6.07, 6.45) is 70.4. The van der Waals surface area contributed by atoms with Crippen molar-refractivity contribution in [3.8, 4) is 0 Å². The molecule has 0 N–H and O–H groups in total. The minimum Gasteiger partial charge on any atom is -0.462 e. The van der Waals surface area contributed by atoms with Crippen LogP contribution in [0.25, 0.3) is 0 Å². The molecule has 0 aliphatic rings. The molecule has 0 aliphatic heterocycles. The summed E-state index contributed by atoms with van der Waals surface area (Å²) in [5.41, 5.74) is 0.